The summed E-state index contributed by atoms with van der Waals surface area (Å²) in [6, 6.07) is 23.1. The van der Waals surface area contributed by atoms with Crippen LogP contribution in [0.25, 0.3) is 6.08 Å². The average molecular weight is 472 g/mol. The van der Waals surface area contributed by atoms with Gasteiger partial charge in [0.15, 0.2) is 11.5 Å². The number of nitro benzene ring substituents is 1. The minimum atomic E-state index is -0.458. The summed E-state index contributed by atoms with van der Waals surface area (Å²) in [6.45, 7) is 0.657. The molecule has 35 heavy (non-hydrogen) atoms. The molecule has 0 aromatic heterocycles. The Bertz CT molecular complexity index is 1230. The summed E-state index contributed by atoms with van der Waals surface area (Å²) in [4.78, 5) is 22.8. The molecule has 0 saturated carbocycles. The number of amides is 1. The van der Waals surface area contributed by atoms with Gasteiger partial charge in [0.05, 0.1) is 12.0 Å². The van der Waals surface area contributed by atoms with Crippen molar-refractivity contribution < 1.29 is 19.2 Å². The summed E-state index contributed by atoms with van der Waals surface area (Å²) in [5.41, 5.74) is 2.57. The van der Waals surface area contributed by atoms with Crippen LogP contribution in [-0.4, -0.2) is 24.5 Å². The first-order valence-corrected chi connectivity index (χ1v) is 11.0. The van der Waals surface area contributed by atoms with Crippen molar-refractivity contribution in [2.75, 3.05) is 13.7 Å². The number of hydrogen-bond acceptors (Lipinski definition) is 6. The summed E-state index contributed by atoms with van der Waals surface area (Å²) >= 11 is 0. The zero-order chi connectivity index (χ0) is 25.0. The molecular formula is C27H25N3O5. The molecule has 3 rings (SSSR count). The quantitative estimate of drug-likeness (QED) is 0.141. The van der Waals surface area contributed by atoms with Gasteiger partial charge >= 0.3 is 0 Å². The highest BCUT2D eigenvalue weighted by Gasteiger charge is 2.11. The molecule has 0 heterocycles. The standard InChI is InChI=1S/C27H25N3O5/c1-34-26-17-22(11-14-25(26)35-19-21-9-12-24(13-10-21)30(32)33)16-23(18-28)27(31)29-15-5-8-20-6-3-2-4-7-20/h2-4,6-7,9-14,16-17H,5,8,15,19H2,1H3,(H,29,31)/b23-16-. The lowest BCUT2D eigenvalue weighted by Gasteiger charge is -2.11. The van der Waals surface area contributed by atoms with Gasteiger partial charge in [-0.05, 0) is 59.9 Å². The second kappa shape index (κ2) is 12.6. The molecule has 0 atom stereocenters. The molecule has 1 N–H and O–H groups in total. The van der Waals surface area contributed by atoms with Crippen molar-refractivity contribution in [1.29, 1.82) is 5.26 Å². The molecule has 0 unspecified atom stereocenters. The molecule has 0 bridgehead atoms. The Morgan fingerprint density at radius 1 is 1.06 bits per heavy atom. The minimum Gasteiger partial charge on any atom is -0.493 e. The Labute approximate surface area is 203 Å². The largest absolute Gasteiger partial charge is 0.493 e. The van der Waals surface area contributed by atoms with E-state index in [1.165, 1.54) is 30.9 Å². The van der Waals surface area contributed by atoms with E-state index < -0.39 is 10.8 Å². The molecule has 0 fully saturated rings. The summed E-state index contributed by atoms with van der Waals surface area (Å²) in [6.07, 6.45) is 3.10. The summed E-state index contributed by atoms with van der Waals surface area (Å²) in [5.74, 6) is 0.464. The van der Waals surface area contributed by atoms with E-state index in [9.17, 15) is 20.2 Å². The zero-order valence-corrected chi connectivity index (χ0v) is 19.3. The maximum absolute atomic E-state index is 12.4. The predicted octanol–water partition coefficient (Wildman–Crippen LogP) is 4.84. The van der Waals surface area contributed by atoms with E-state index in [-0.39, 0.29) is 17.9 Å². The third-order valence-electron chi connectivity index (χ3n) is 5.18. The Balaban J connectivity index is 1.59. The first-order chi connectivity index (χ1) is 17.0. The van der Waals surface area contributed by atoms with Gasteiger partial charge in [-0.2, -0.15) is 5.26 Å². The normalized spacial score (nSPS) is 10.8. The number of nitro groups is 1. The van der Waals surface area contributed by atoms with E-state index in [4.69, 9.17) is 9.47 Å². The van der Waals surface area contributed by atoms with Crippen molar-refractivity contribution in [3.8, 4) is 17.6 Å². The first kappa shape index (κ1) is 25.0. The highest BCUT2D eigenvalue weighted by Crippen LogP contribution is 2.30. The fraction of sp³-hybridized carbons (Fsp3) is 0.185. The number of nitriles is 1. The number of nitrogens with one attached hydrogen (secondary N) is 1. The van der Waals surface area contributed by atoms with Crippen molar-refractivity contribution >= 4 is 17.7 Å². The van der Waals surface area contributed by atoms with Crippen molar-refractivity contribution in [1.82, 2.24) is 5.32 Å². The van der Waals surface area contributed by atoms with Gasteiger partial charge in [0, 0.05) is 18.7 Å². The highest BCUT2D eigenvalue weighted by atomic mass is 16.6. The Kier molecular flexibility index (Phi) is 8.97. The third-order valence-corrected chi connectivity index (χ3v) is 5.18. The molecule has 0 aliphatic rings. The number of carbonyl (C=O) groups excluding carboxylic acids is 1. The fourth-order valence-electron chi connectivity index (χ4n) is 3.32. The van der Waals surface area contributed by atoms with E-state index in [0.29, 0.717) is 23.6 Å². The SMILES string of the molecule is COc1cc(/C=C(/C#N)C(=O)NCCCc2ccccc2)ccc1OCc1ccc([N+](=O)[O-])cc1. The van der Waals surface area contributed by atoms with Crippen molar-refractivity contribution in [2.45, 2.75) is 19.4 Å². The van der Waals surface area contributed by atoms with E-state index in [1.807, 2.05) is 36.4 Å². The van der Waals surface area contributed by atoms with Crippen molar-refractivity contribution in [3.63, 3.8) is 0 Å². The maximum Gasteiger partial charge on any atom is 0.269 e. The maximum atomic E-state index is 12.4. The molecule has 0 spiro atoms. The van der Waals surface area contributed by atoms with Gasteiger partial charge in [-0.1, -0.05) is 36.4 Å². The van der Waals surface area contributed by atoms with Gasteiger partial charge in [-0.25, -0.2) is 0 Å². The lowest BCUT2D eigenvalue weighted by atomic mass is 10.1. The van der Waals surface area contributed by atoms with Crippen LogP contribution in [0.4, 0.5) is 5.69 Å². The Morgan fingerprint density at radius 3 is 2.46 bits per heavy atom. The first-order valence-electron chi connectivity index (χ1n) is 11.0. The summed E-state index contributed by atoms with van der Waals surface area (Å²) in [5, 5.41) is 23.0. The molecule has 178 valence electrons. The van der Waals surface area contributed by atoms with Crippen LogP contribution in [0.15, 0.2) is 78.4 Å². The van der Waals surface area contributed by atoms with E-state index in [0.717, 1.165) is 18.4 Å². The molecule has 0 aliphatic heterocycles. The molecular weight excluding hydrogens is 446 g/mol. The number of ether oxygens (including phenoxy) is 2. The van der Waals surface area contributed by atoms with Crippen molar-refractivity contribution in [3.05, 3.63) is 105 Å². The zero-order valence-electron chi connectivity index (χ0n) is 19.3. The molecule has 8 nitrogen and oxygen atoms in total. The van der Waals surface area contributed by atoms with Crippen LogP contribution in [0.1, 0.15) is 23.1 Å². The number of benzene rings is 3. The fourth-order valence-corrected chi connectivity index (χ4v) is 3.32. The third kappa shape index (κ3) is 7.44. The molecule has 1 amide bonds. The second-order valence-electron chi connectivity index (χ2n) is 7.64. The monoisotopic (exact) mass is 471 g/mol. The van der Waals surface area contributed by atoms with Gasteiger partial charge in [0.25, 0.3) is 11.6 Å². The van der Waals surface area contributed by atoms with Gasteiger partial charge in [0.1, 0.15) is 18.2 Å². The Morgan fingerprint density at radius 2 is 1.80 bits per heavy atom. The minimum absolute atomic E-state index is 0.00804. The number of hydrogen-bond donors (Lipinski definition) is 1. The second-order valence-corrected chi connectivity index (χ2v) is 7.64. The van der Waals surface area contributed by atoms with Crippen LogP contribution < -0.4 is 14.8 Å². The molecule has 0 radical (unpaired) electrons. The van der Waals surface area contributed by atoms with E-state index in [2.05, 4.69) is 5.32 Å². The van der Waals surface area contributed by atoms with E-state index >= 15 is 0 Å². The molecule has 3 aromatic carbocycles. The molecule has 3 aromatic rings. The molecule has 0 aliphatic carbocycles. The lowest BCUT2D eigenvalue weighted by Crippen LogP contribution is -2.25. The number of rotatable bonds is 11. The number of nitrogens with zero attached hydrogens (tertiary/aromatic N) is 2. The average Bonchev–Trinajstić information content (AvgIpc) is 2.89. The molecule has 8 heteroatoms. The number of carbonyl (C=O) groups is 1. The van der Waals surface area contributed by atoms with Gasteiger partial charge in [-0.3, -0.25) is 14.9 Å². The number of aryl methyl sites for hydroxylation is 1. The number of methoxy groups -OCH3 is 1. The highest BCUT2D eigenvalue weighted by molar-refractivity contribution is 6.01. The van der Waals surface area contributed by atoms with Crippen LogP contribution >= 0.6 is 0 Å². The topological polar surface area (TPSA) is 114 Å². The molecule has 0 saturated heterocycles. The van der Waals surface area contributed by atoms with E-state index in [1.54, 1.807) is 30.3 Å². The van der Waals surface area contributed by atoms with Gasteiger partial charge in [0.2, 0.25) is 0 Å². The summed E-state index contributed by atoms with van der Waals surface area (Å²) < 4.78 is 11.2. The van der Waals surface area contributed by atoms with Gasteiger partial charge < -0.3 is 14.8 Å². The van der Waals surface area contributed by atoms with Crippen molar-refractivity contribution in [2.24, 2.45) is 0 Å². The summed E-state index contributed by atoms with van der Waals surface area (Å²) in [7, 11) is 1.49. The van der Waals surface area contributed by atoms with Crippen LogP contribution in [0.3, 0.4) is 0 Å². The van der Waals surface area contributed by atoms with Crippen LogP contribution in [0.2, 0.25) is 0 Å². The Hall–Kier alpha value is -4.64. The lowest BCUT2D eigenvalue weighted by molar-refractivity contribution is -0.384. The predicted molar refractivity (Wildman–Crippen MR) is 132 cm³/mol. The number of non-ortho nitro benzene ring substituents is 1. The van der Waals surface area contributed by atoms with Crippen LogP contribution in [-0.2, 0) is 17.8 Å². The smallest absolute Gasteiger partial charge is 0.269 e. The van der Waals surface area contributed by atoms with Crippen LogP contribution in [0, 0.1) is 21.4 Å². The van der Waals surface area contributed by atoms with Crippen LogP contribution in [0.5, 0.6) is 11.5 Å². The van der Waals surface area contributed by atoms with Gasteiger partial charge in [-0.15, -0.1) is 0 Å².